The fourth-order valence-electron chi connectivity index (χ4n) is 5.58. The fraction of sp³-hybridized carbons (Fsp3) is 0.391. The van der Waals surface area contributed by atoms with Crippen molar-refractivity contribution in [3.63, 3.8) is 0 Å². The number of ether oxygens (including phenoxy) is 2. The van der Waals surface area contributed by atoms with E-state index in [9.17, 15) is 9.59 Å². The fourth-order valence-corrected chi connectivity index (χ4v) is 6.08. The Balaban J connectivity index is 1.56. The van der Waals surface area contributed by atoms with E-state index >= 15 is 0 Å². The van der Waals surface area contributed by atoms with E-state index in [1.807, 2.05) is 18.2 Å². The first-order valence-corrected chi connectivity index (χ1v) is 11.0. The van der Waals surface area contributed by atoms with Gasteiger partial charge in [0, 0.05) is 22.6 Å². The van der Waals surface area contributed by atoms with Crippen LogP contribution < -0.4 is 15.4 Å². The van der Waals surface area contributed by atoms with E-state index in [0.29, 0.717) is 21.5 Å². The van der Waals surface area contributed by atoms with Gasteiger partial charge in [-0.15, -0.1) is 0 Å². The lowest BCUT2D eigenvalue weighted by molar-refractivity contribution is -0.131. The molecular formula is C23H22Cl2N2O4. The van der Waals surface area contributed by atoms with Crippen LogP contribution in [0, 0.1) is 5.41 Å². The molecule has 0 radical (unpaired) electrons. The molecule has 0 aromatic heterocycles. The van der Waals surface area contributed by atoms with E-state index in [-0.39, 0.29) is 12.0 Å². The van der Waals surface area contributed by atoms with Gasteiger partial charge in [0.25, 0.3) is 5.91 Å². The molecule has 162 valence electrons. The second-order valence-electron chi connectivity index (χ2n) is 8.58. The van der Waals surface area contributed by atoms with Crippen LogP contribution in [0.3, 0.4) is 0 Å². The molecule has 1 aliphatic heterocycles. The number of imide groups is 1. The van der Waals surface area contributed by atoms with Crippen molar-refractivity contribution in [2.45, 2.75) is 43.7 Å². The van der Waals surface area contributed by atoms with E-state index in [1.165, 1.54) is 0 Å². The Morgan fingerprint density at radius 3 is 2.32 bits per heavy atom. The number of halogens is 2. The number of amides is 3. The number of hydrogen-bond acceptors (Lipinski definition) is 4. The lowest BCUT2D eigenvalue weighted by atomic mass is 9.61. The number of carbonyl (C=O) groups excluding carboxylic acids is 2. The van der Waals surface area contributed by atoms with Gasteiger partial charge in [0.05, 0.1) is 6.10 Å². The maximum atomic E-state index is 13.3. The molecule has 5 rings (SSSR count). The molecule has 1 heterocycles. The maximum absolute atomic E-state index is 13.3. The summed E-state index contributed by atoms with van der Waals surface area (Å²) >= 11 is 12.2. The Labute approximate surface area is 190 Å². The molecule has 31 heavy (non-hydrogen) atoms. The number of fused-ring (bicyclic) bond motifs is 3. The highest BCUT2D eigenvalue weighted by Crippen LogP contribution is 2.59. The van der Waals surface area contributed by atoms with Crippen LogP contribution in [-0.2, 0) is 21.5 Å². The predicted molar refractivity (Wildman–Crippen MR) is 117 cm³/mol. The molecule has 1 unspecified atom stereocenters. The summed E-state index contributed by atoms with van der Waals surface area (Å²) < 4.78 is 11.6. The molecule has 2 fully saturated rings. The number of rotatable bonds is 3. The highest BCUT2D eigenvalue weighted by molar-refractivity contribution is 6.34. The van der Waals surface area contributed by atoms with Crippen LogP contribution in [0.2, 0.25) is 10.0 Å². The quantitative estimate of drug-likeness (QED) is 0.635. The SMILES string of the molecule is COC1CCC2(CC1)Cc1ccc(Oc3cc(Cl)cc(Cl)c3)cc1C21NC(=O)NC1=O. The van der Waals surface area contributed by atoms with Crippen LogP contribution in [0.15, 0.2) is 36.4 Å². The lowest BCUT2D eigenvalue weighted by Gasteiger charge is -2.46. The molecule has 0 bridgehead atoms. The van der Waals surface area contributed by atoms with E-state index in [0.717, 1.165) is 43.2 Å². The van der Waals surface area contributed by atoms with Crippen molar-refractivity contribution in [2.75, 3.05) is 7.11 Å². The van der Waals surface area contributed by atoms with Crippen molar-refractivity contribution >= 4 is 35.1 Å². The van der Waals surface area contributed by atoms with Crippen molar-refractivity contribution in [1.82, 2.24) is 10.6 Å². The number of benzene rings is 2. The second kappa shape index (κ2) is 7.40. The standard InChI is InChI=1S/C23H22Cl2N2O4/c1-30-16-4-6-22(7-5-16)12-13-2-3-17(31-18-9-14(24)8-15(25)10-18)11-19(13)23(22)20(28)26-21(29)27-23/h2-3,8-11,16H,4-7,12H2,1H3,(H2,26,27,28,29). The molecule has 2 aromatic rings. The molecule has 2 aromatic carbocycles. The molecule has 1 saturated carbocycles. The third kappa shape index (κ3) is 3.20. The van der Waals surface area contributed by atoms with Gasteiger partial charge in [-0.3, -0.25) is 10.1 Å². The van der Waals surface area contributed by atoms with Gasteiger partial charge in [-0.05, 0) is 73.6 Å². The van der Waals surface area contributed by atoms with Gasteiger partial charge in [-0.25, -0.2) is 4.79 Å². The Bertz CT molecular complexity index is 1060. The van der Waals surface area contributed by atoms with Gasteiger partial charge in [-0.2, -0.15) is 0 Å². The second-order valence-corrected chi connectivity index (χ2v) is 9.45. The number of hydrogen-bond donors (Lipinski definition) is 2. The average Bonchev–Trinajstić information content (AvgIpc) is 3.16. The first-order valence-electron chi connectivity index (χ1n) is 10.3. The smallest absolute Gasteiger partial charge is 0.322 e. The van der Waals surface area contributed by atoms with Gasteiger partial charge in [0.1, 0.15) is 11.5 Å². The van der Waals surface area contributed by atoms with Gasteiger partial charge in [-0.1, -0.05) is 29.3 Å². The third-order valence-electron chi connectivity index (χ3n) is 6.97. The van der Waals surface area contributed by atoms with Crippen LogP contribution in [0.1, 0.15) is 36.8 Å². The summed E-state index contributed by atoms with van der Waals surface area (Å²) in [6.07, 6.45) is 4.16. The number of nitrogens with one attached hydrogen (secondary N) is 2. The minimum Gasteiger partial charge on any atom is -0.457 e. The molecule has 1 atom stereocenters. The zero-order valence-electron chi connectivity index (χ0n) is 17.0. The van der Waals surface area contributed by atoms with Crippen molar-refractivity contribution in [3.05, 3.63) is 57.6 Å². The van der Waals surface area contributed by atoms with E-state index < -0.39 is 17.0 Å². The van der Waals surface area contributed by atoms with Gasteiger partial charge in [0.15, 0.2) is 5.54 Å². The first-order chi connectivity index (χ1) is 14.8. The molecule has 1 saturated heterocycles. The summed E-state index contributed by atoms with van der Waals surface area (Å²) in [5.41, 5.74) is 0.337. The van der Waals surface area contributed by atoms with Crippen LogP contribution in [-0.4, -0.2) is 25.2 Å². The topological polar surface area (TPSA) is 76.7 Å². The molecule has 2 N–H and O–H groups in total. The minimum atomic E-state index is -1.11. The largest absolute Gasteiger partial charge is 0.457 e. The molecule has 2 aliphatic carbocycles. The summed E-state index contributed by atoms with van der Waals surface area (Å²) in [5.74, 6) is 0.753. The first kappa shape index (κ1) is 20.6. The highest BCUT2D eigenvalue weighted by atomic mass is 35.5. The summed E-state index contributed by atoms with van der Waals surface area (Å²) in [5, 5.41) is 6.41. The normalized spacial score (nSPS) is 29.2. The van der Waals surface area contributed by atoms with Gasteiger partial charge in [0.2, 0.25) is 0 Å². The van der Waals surface area contributed by atoms with Crippen molar-refractivity contribution < 1.29 is 19.1 Å². The van der Waals surface area contributed by atoms with E-state index in [4.69, 9.17) is 32.7 Å². The number of methoxy groups -OCH3 is 1. The van der Waals surface area contributed by atoms with Gasteiger partial charge >= 0.3 is 6.03 Å². The molecule has 6 nitrogen and oxygen atoms in total. The molecule has 8 heteroatoms. The monoisotopic (exact) mass is 460 g/mol. The van der Waals surface area contributed by atoms with E-state index in [2.05, 4.69) is 10.6 Å². The van der Waals surface area contributed by atoms with E-state index in [1.54, 1.807) is 25.3 Å². The van der Waals surface area contributed by atoms with Crippen LogP contribution >= 0.6 is 23.2 Å². The molecular weight excluding hydrogens is 439 g/mol. The summed E-state index contributed by atoms with van der Waals surface area (Å²) in [6.45, 7) is 0. The lowest BCUT2D eigenvalue weighted by Crippen LogP contribution is -2.56. The van der Waals surface area contributed by atoms with Gasteiger partial charge < -0.3 is 14.8 Å². The van der Waals surface area contributed by atoms with Crippen molar-refractivity contribution in [1.29, 1.82) is 0 Å². The summed E-state index contributed by atoms with van der Waals surface area (Å²) in [7, 11) is 1.72. The minimum absolute atomic E-state index is 0.179. The number of urea groups is 1. The Hall–Kier alpha value is -2.28. The zero-order chi connectivity index (χ0) is 21.8. The van der Waals surface area contributed by atoms with Crippen LogP contribution in [0.25, 0.3) is 0 Å². The molecule has 3 amide bonds. The highest BCUT2D eigenvalue weighted by Gasteiger charge is 2.66. The van der Waals surface area contributed by atoms with Crippen LogP contribution in [0.5, 0.6) is 11.5 Å². The van der Waals surface area contributed by atoms with Crippen molar-refractivity contribution in [2.24, 2.45) is 5.41 Å². The predicted octanol–water partition coefficient (Wildman–Crippen LogP) is 4.95. The molecule has 3 aliphatic rings. The van der Waals surface area contributed by atoms with Crippen molar-refractivity contribution in [3.8, 4) is 11.5 Å². The zero-order valence-corrected chi connectivity index (χ0v) is 18.5. The number of carbonyl (C=O) groups is 2. The maximum Gasteiger partial charge on any atom is 0.322 e. The molecule has 2 spiro atoms. The average molecular weight is 461 g/mol. The third-order valence-corrected chi connectivity index (χ3v) is 7.41. The Kier molecular flexibility index (Phi) is 4.92. The summed E-state index contributed by atoms with van der Waals surface area (Å²) in [6, 6.07) is 10.2. The Morgan fingerprint density at radius 2 is 1.71 bits per heavy atom. The van der Waals surface area contributed by atoms with Crippen LogP contribution in [0.4, 0.5) is 4.79 Å². The Morgan fingerprint density at radius 1 is 1.00 bits per heavy atom. The summed E-state index contributed by atoms with van der Waals surface area (Å²) in [4.78, 5) is 25.5.